The van der Waals surface area contributed by atoms with E-state index >= 15 is 0 Å². The molecule has 0 aliphatic carbocycles. The van der Waals surface area contributed by atoms with Gasteiger partial charge in [0.15, 0.2) is 17.5 Å². The molecule has 7 heteroatoms. The van der Waals surface area contributed by atoms with Crippen molar-refractivity contribution in [1.82, 2.24) is 9.97 Å². The van der Waals surface area contributed by atoms with Crippen LogP contribution in [-0.2, 0) is 0 Å². The first kappa shape index (κ1) is 11.1. The Morgan fingerprint density at radius 2 is 2.06 bits per heavy atom. The Hall–Kier alpha value is -2.44. The predicted molar refractivity (Wildman–Crippen MR) is 58.9 cm³/mol. The van der Waals surface area contributed by atoms with E-state index in [1.54, 1.807) is 0 Å². The second kappa shape index (κ2) is 4.20. The van der Waals surface area contributed by atoms with Crippen molar-refractivity contribution in [3.8, 4) is 0 Å². The lowest BCUT2D eigenvalue weighted by atomic mass is 10.3. The van der Waals surface area contributed by atoms with Crippen molar-refractivity contribution >= 4 is 17.2 Å². The van der Waals surface area contributed by atoms with Crippen LogP contribution in [0.25, 0.3) is 0 Å². The second-order valence-corrected chi connectivity index (χ2v) is 3.25. The fraction of sp³-hybridized carbons (Fsp3) is 0. The number of nitrogen functional groups attached to an aromatic ring is 1. The Balaban J connectivity index is 2.35. The fourth-order valence-corrected chi connectivity index (χ4v) is 1.22. The van der Waals surface area contributed by atoms with Crippen LogP contribution in [0.5, 0.6) is 0 Å². The third-order valence-corrected chi connectivity index (χ3v) is 2.07. The van der Waals surface area contributed by atoms with Crippen LogP contribution in [0.4, 0.5) is 26.0 Å². The molecule has 88 valence electrons. The summed E-state index contributed by atoms with van der Waals surface area (Å²) in [5.74, 6) is -1.87. The molecule has 4 N–H and O–H groups in total. The van der Waals surface area contributed by atoms with E-state index in [9.17, 15) is 13.6 Å². The summed E-state index contributed by atoms with van der Waals surface area (Å²) in [6, 6.07) is 3.21. The first-order chi connectivity index (χ1) is 8.08. The largest absolute Gasteiger partial charge is 0.391 e. The number of anilines is 3. The van der Waals surface area contributed by atoms with Crippen LogP contribution in [-0.4, -0.2) is 9.97 Å². The Labute approximate surface area is 94.3 Å². The normalized spacial score (nSPS) is 10.2. The average molecular weight is 238 g/mol. The summed E-state index contributed by atoms with van der Waals surface area (Å²) in [4.78, 5) is 17.2. The first-order valence-electron chi connectivity index (χ1n) is 4.63. The smallest absolute Gasteiger partial charge is 0.276 e. The van der Waals surface area contributed by atoms with E-state index in [-0.39, 0.29) is 17.2 Å². The maximum atomic E-state index is 12.9. The topological polar surface area (TPSA) is 83.8 Å². The summed E-state index contributed by atoms with van der Waals surface area (Å²) in [7, 11) is 0. The number of nitrogens with one attached hydrogen (secondary N) is 2. The highest BCUT2D eigenvalue weighted by molar-refractivity contribution is 5.67. The molecule has 1 heterocycles. The molecule has 5 nitrogen and oxygen atoms in total. The molecular weight excluding hydrogens is 230 g/mol. The molecule has 0 spiro atoms. The van der Waals surface area contributed by atoms with Gasteiger partial charge in [0.05, 0.1) is 6.33 Å². The van der Waals surface area contributed by atoms with Crippen molar-refractivity contribution in [2.24, 2.45) is 0 Å². The number of nitrogens with two attached hydrogens (primary N) is 1. The highest BCUT2D eigenvalue weighted by atomic mass is 19.2. The quantitative estimate of drug-likeness (QED) is 0.737. The molecule has 0 saturated carbocycles. The Morgan fingerprint density at radius 3 is 2.76 bits per heavy atom. The molecule has 0 bridgehead atoms. The zero-order valence-corrected chi connectivity index (χ0v) is 8.50. The van der Waals surface area contributed by atoms with Crippen molar-refractivity contribution in [2.45, 2.75) is 0 Å². The lowest BCUT2D eigenvalue weighted by molar-refractivity contribution is 0.509. The molecule has 2 aromatic rings. The summed E-state index contributed by atoms with van der Waals surface area (Å²) < 4.78 is 25.6. The molecule has 1 aromatic carbocycles. The Kier molecular flexibility index (Phi) is 2.73. The minimum Gasteiger partial charge on any atom is -0.391 e. The summed E-state index contributed by atoms with van der Waals surface area (Å²) in [5.41, 5.74) is 5.07. The third kappa shape index (κ3) is 2.22. The molecule has 0 atom stereocenters. The number of nitrogens with zero attached hydrogens (tertiary/aromatic N) is 1. The van der Waals surface area contributed by atoms with Crippen LogP contribution < -0.4 is 16.6 Å². The maximum Gasteiger partial charge on any atom is 0.276 e. The number of aromatic nitrogens is 2. The highest BCUT2D eigenvalue weighted by Gasteiger charge is 2.07. The van der Waals surface area contributed by atoms with E-state index < -0.39 is 17.2 Å². The summed E-state index contributed by atoms with van der Waals surface area (Å²) in [6.45, 7) is 0. The molecule has 0 unspecified atom stereocenters. The van der Waals surface area contributed by atoms with E-state index in [2.05, 4.69) is 15.3 Å². The number of halogens is 2. The van der Waals surface area contributed by atoms with E-state index in [1.807, 2.05) is 0 Å². The number of aromatic amines is 1. The number of H-pyrrole nitrogens is 1. The molecule has 0 saturated heterocycles. The van der Waals surface area contributed by atoms with Gasteiger partial charge in [-0.1, -0.05) is 0 Å². The minimum absolute atomic E-state index is 0.0831. The third-order valence-electron chi connectivity index (χ3n) is 2.07. The minimum atomic E-state index is -1.00. The van der Waals surface area contributed by atoms with Gasteiger partial charge in [0.2, 0.25) is 0 Å². The molecule has 0 fully saturated rings. The lowest BCUT2D eigenvalue weighted by Gasteiger charge is -2.07. The van der Waals surface area contributed by atoms with Crippen molar-refractivity contribution in [3.05, 3.63) is 46.5 Å². The number of hydrogen-bond donors (Lipinski definition) is 3. The van der Waals surface area contributed by atoms with Gasteiger partial charge in [-0.15, -0.1) is 0 Å². The van der Waals surface area contributed by atoms with Gasteiger partial charge < -0.3 is 16.0 Å². The predicted octanol–water partition coefficient (Wildman–Crippen LogP) is 1.37. The van der Waals surface area contributed by atoms with Crippen LogP contribution in [0.15, 0.2) is 29.3 Å². The molecule has 0 aliphatic rings. The summed E-state index contributed by atoms with van der Waals surface area (Å²) >= 11 is 0. The number of benzene rings is 1. The van der Waals surface area contributed by atoms with Gasteiger partial charge >= 0.3 is 0 Å². The molecule has 0 radical (unpaired) electrons. The summed E-state index contributed by atoms with van der Waals surface area (Å²) in [5, 5.41) is 2.62. The van der Waals surface area contributed by atoms with E-state index in [0.717, 1.165) is 18.5 Å². The van der Waals surface area contributed by atoms with Gasteiger partial charge in [-0.3, -0.25) is 4.79 Å². The van der Waals surface area contributed by atoms with Crippen LogP contribution in [0, 0.1) is 11.6 Å². The van der Waals surface area contributed by atoms with Crippen molar-refractivity contribution in [1.29, 1.82) is 0 Å². The van der Waals surface area contributed by atoms with Gasteiger partial charge in [0.25, 0.3) is 5.56 Å². The van der Waals surface area contributed by atoms with Gasteiger partial charge in [0, 0.05) is 11.8 Å². The molecule has 2 rings (SSSR count). The SMILES string of the molecule is Nc1c(Nc2ccc(F)c(F)c2)nc[nH]c1=O. The fourth-order valence-electron chi connectivity index (χ4n) is 1.22. The zero-order valence-electron chi connectivity index (χ0n) is 8.50. The molecular formula is C10H8F2N4O. The van der Waals surface area contributed by atoms with Crippen molar-refractivity contribution < 1.29 is 8.78 Å². The number of rotatable bonds is 2. The van der Waals surface area contributed by atoms with Crippen LogP contribution >= 0.6 is 0 Å². The summed E-state index contributed by atoms with van der Waals surface area (Å²) in [6.07, 6.45) is 1.15. The Morgan fingerprint density at radius 1 is 1.29 bits per heavy atom. The van der Waals surface area contributed by atoms with Crippen LogP contribution in [0.1, 0.15) is 0 Å². The second-order valence-electron chi connectivity index (χ2n) is 3.25. The van der Waals surface area contributed by atoms with Crippen molar-refractivity contribution in [2.75, 3.05) is 11.1 Å². The van der Waals surface area contributed by atoms with E-state index in [1.165, 1.54) is 6.07 Å². The monoisotopic (exact) mass is 238 g/mol. The lowest BCUT2D eigenvalue weighted by Crippen LogP contribution is -2.14. The molecule has 1 aromatic heterocycles. The zero-order chi connectivity index (χ0) is 12.4. The molecule has 17 heavy (non-hydrogen) atoms. The van der Waals surface area contributed by atoms with Gasteiger partial charge in [-0.25, -0.2) is 13.8 Å². The van der Waals surface area contributed by atoms with Crippen LogP contribution in [0.3, 0.4) is 0 Å². The average Bonchev–Trinajstić information content (AvgIpc) is 2.30. The van der Waals surface area contributed by atoms with Gasteiger partial charge in [-0.2, -0.15) is 0 Å². The van der Waals surface area contributed by atoms with E-state index in [4.69, 9.17) is 5.73 Å². The van der Waals surface area contributed by atoms with Gasteiger partial charge in [-0.05, 0) is 12.1 Å². The molecule has 0 aliphatic heterocycles. The van der Waals surface area contributed by atoms with E-state index in [0.29, 0.717) is 0 Å². The van der Waals surface area contributed by atoms with Crippen molar-refractivity contribution in [3.63, 3.8) is 0 Å². The highest BCUT2D eigenvalue weighted by Crippen LogP contribution is 2.19. The first-order valence-corrected chi connectivity index (χ1v) is 4.63. The Bertz CT molecular complexity index is 611. The maximum absolute atomic E-state index is 12.9. The van der Waals surface area contributed by atoms with Crippen LogP contribution in [0.2, 0.25) is 0 Å². The number of hydrogen-bond acceptors (Lipinski definition) is 4. The standard InChI is InChI=1S/C10H8F2N4O/c11-6-2-1-5(3-7(6)12)16-9-8(13)10(17)15-4-14-9/h1-4H,13H2,(H2,14,15,16,17). The van der Waals surface area contributed by atoms with Gasteiger partial charge in [0.1, 0.15) is 5.69 Å². The molecule has 0 amide bonds.